The summed E-state index contributed by atoms with van der Waals surface area (Å²) in [7, 11) is 0. The second-order valence-corrected chi connectivity index (χ2v) is 6.60. The Morgan fingerprint density at radius 2 is 2.11 bits per heavy atom. The van der Waals surface area contributed by atoms with E-state index in [1.165, 1.54) is 25.7 Å². The van der Waals surface area contributed by atoms with Crippen molar-refractivity contribution in [1.82, 2.24) is 10.6 Å². The molecule has 1 heterocycles. The summed E-state index contributed by atoms with van der Waals surface area (Å²) in [6.07, 6.45) is 8.06. The smallest absolute Gasteiger partial charge is 0.220 e. The van der Waals surface area contributed by atoms with E-state index < -0.39 is 0 Å². The molecule has 2 unspecified atom stereocenters. The molecular weight excluding hydrogens is 224 g/mol. The average molecular weight is 252 g/mol. The zero-order chi connectivity index (χ0) is 13.0. The number of nitrogens with one attached hydrogen (secondary N) is 2. The highest BCUT2D eigenvalue weighted by Crippen LogP contribution is 2.29. The van der Waals surface area contributed by atoms with Crippen LogP contribution in [0, 0.1) is 11.8 Å². The summed E-state index contributed by atoms with van der Waals surface area (Å²) in [4.78, 5) is 12.1. The molecule has 3 heteroatoms. The van der Waals surface area contributed by atoms with Crippen molar-refractivity contribution in [2.45, 2.75) is 64.3 Å². The quantitative estimate of drug-likeness (QED) is 0.807. The molecule has 1 amide bonds. The number of hydrogen-bond donors (Lipinski definition) is 2. The van der Waals surface area contributed by atoms with Gasteiger partial charge in [0.25, 0.3) is 0 Å². The van der Waals surface area contributed by atoms with Crippen molar-refractivity contribution in [3.05, 3.63) is 0 Å². The maximum absolute atomic E-state index is 12.1. The number of piperidine rings is 1. The molecule has 104 valence electrons. The molecule has 2 N–H and O–H groups in total. The van der Waals surface area contributed by atoms with Gasteiger partial charge in [-0.3, -0.25) is 4.79 Å². The second-order valence-electron chi connectivity index (χ2n) is 6.60. The van der Waals surface area contributed by atoms with Gasteiger partial charge in [0.1, 0.15) is 0 Å². The van der Waals surface area contributed by atoms with Crippen LogP contribution in [0.3, 0.4) is 0 Å². The Balaban J connectivity index is 1.75. The third-order valence-corrected chi connectivity index (χ3v) is 4.80. The number of hydrogen-bond acceptors (Lipinski definition) is 2. The van der Waals surface area contributed by atoms with Gasteiger partial charge in [0.15, 0.2) is 0 Å². The van der Waals surface area contributed by atoms with Crippen LogP contribution in [0.5, 0.6) is 0 Å². The van der Waals surface area contributed by atoms with E-state index in [-0.39, 0.29) is 11.4 Å². The molecule has 3 nitrogen and oxygen atoms in total. The largest absolute Gasteiger partial charge is 0.351 e. The Labute approximate surface area is 111 Å². The first-order valence-corrected chi connectivity index (χ1v) is 7.61. The summed E-state index contributed by atoms with van der Waals surface area (Å²) in [6, 6.07) is 0. The van der Waals surface area contributed by atoms with Gasteiger partial charge < -0.3 is 10.6 Å². The lowest BCUT2D eigenvalue weighted by Gasteiger charge is -2.30. The highest BCUT2D eigenvalue weighted by atomic mass is 16.1. The lowest BCUT2D eigenvalue weighted by molar-refractivity contribution is -0.124. The van der Waals surface area contributed by atoms with Crippen molar-refractivity contribution in [3.63, 3.8) is 0 Å². The minimum Gasteiger partial charge on any atom is -0.351 e. The van der Waals surface area contributed by atoms with Gasteiger partial charge in [-0.2, -0.15) is 0 Å². The van der Waals surface area contributed by atoms with E-state index in [0.717, 1.165) is 25.9 Å². The molecule has 2 rings (SSSR count). The number of carbonyl (C=O) groups is 1. The zero-order valence-corrected chi connectivity index (χ0v) is 11.9. The molecular formula is C15H28N2O. The van der Waals surface area contributed by atoms with E-state index in [0.29, 0.717) is 18.3 Å². The fourth-order valence-corrected chi connectivity index (χ4v) is 3.49. The SMILES string of the molecule is CC(CC(=O)NC1(C)CCCC1)C1CCCNC1. The first-order valence-electron chi connectivity index (χ1n) is 7.61. The first kappa shape index (κ1) is 13.9. The monoisotopic (exact) mass is 252 g/mol. The van der Waals surface area contributed by atoms with Gasteiger partial charge in [0, 0.05) is 12.0 Å². The van der Waals surface area contributed by atoms with Crippen molar-refractivity contribution < 1.29 is 4.79 Å². The van der Waals surface area contributed by atoms with Crippen LogP contribution in [0.2, 0.25) is 0 Å². The van der Waals surface area contributed by atoms with Crippen molar-refractivity contribution in [1.29, 1.82) is 0 Å². The van der Waals surface area contributed by atoms with E-state index in [1.807, 2.05) is 0 Å². The summed E-state index contributed by atoms with van der Waals surface area (Å²) < 4.78 is 0. The Bertz CT molecular complexity index is 278. The minimum atomic E-state index is 0.0849. The molecule has 0 aromatic rings. The fourth-order valence-electron chi connectivity index (χ4n) is 3.49. The molecule has 1 aliphatic carbocycles. The predicted molar refractivity (Wildman–Crippen MR) is 74.4 cm³/mol. The van der Waals surface area contributed by atoms with E-state index in [9.17, 15) is 4.79 Å². The maximum Gasteiger partial charge on any atom is 0.220 e. The molecule has 18 heavy (non-hydrogen) atoms. The highest BCUT2D eigenvalue weighted by molar-refractivity contribution is 5.77. The van der Waals surface area contributed by atoms with Gasteiger partial charge in [-0.25, -0.2) is 0 Å². The van der Waals surface area contributed by atoms with Crippen LogP contribution in [0.15, 0.2) is 0 Å². The highest BCUT2D eigenvalue weighted by Gasteiger charge is 2.31. The van der Waals surface area contributed by atoms with E-state index in [2.05, 4.69) is 24.5 Å². The van der Waals surface area contributed by atoms with Crippen molar-refractivity contribution >= 4 is 5.91 Å². The Hall–Kier alpha value is -0.570. The Morgan fingerprint density at radius 3 is 2.72 bits per heavy atom. The summed E-state index contributed by atoms with van der Waals surface area (Å²) in [6.45, 7) is 6.66. The normalized spacial score (nSPS) is 28.9. The first-order chi connectivity index (χ1) is 8.59. The standard InChI is InChI=1S/C15H28N2O/c1-12(13-6-5-9-16-11-13)10-14(18)17-15(2)7-3-4-8-15/h12-13,16H,3-11H2,1-2H3,(H,17,18). The van der Waals surface area contributed by atoms with Crippen LogP contribution in [-0.4, -0.2) is 24.5 Å². The minimum absolute atomic E-state index is 0.0849. The molecule has 2 aliphatic rings. The van der Waals surface area contributed by atoms with Gasteiger partial charge >= 0.3 is 0 Å². The summed E-state index contributed by atoms with van der Waals surface area (Å²) in [5.74, 6) is 1.45. The van der Waals surface area contributed by atoms with Crippen molar-refractivity contribution in [2.24, 2.45) is 11.8 Å². The molecule has 0 aromatic heterocycles. The van der Waals surface area contributed by atoms with Crippen LogP contribution < -0.4 is 10.6 Å². The summed E-state index contributed by atoms with van der Waals surface area (Å²) in [5, 5.41) is 6.70. The van der Waals surface area contributed by atoms with Gasteiger partial charge in [0.2, 0.25) is 5.91 Å². The summed E-state index contributed by atoms with van der Waals surface area (Å²) in [5.41, 5.74) is 0.0849. The Morgan fingerprint density at radius 1 is 1.39 bits per heavy atom. The molecule has 1 aliphatic heterocycles. The van der Waals surface area contributed by atoms with E-state index in [4.69, 9.17) is 0 Å². The molecule has 0 aromatic carbocycles. The number of amides is 1. The van der Waals surface area contributed by atoms with E-state index in [1.54, 1.807) is 0 Å². The number of carbonyl (C=O) groups excluding carboxylic acids is 1. The predicted octanol–water partition coefficient (Wildman–Crippen LogP) is 2.46. The van der Waals surface area contributed by atoms with Crippen LogP contribution in [0.1, 0.15) is 58.8 Å². The zero-order valence-electron chi connectivity index (χ0n) is 11.9. The van der Waals surface area contributed by atoms with Gasteiger partial charge in [-0.05, 0) is 57.5 Å². The third-order valence-electron chi connectivity index (χ3n) is 4.80. The van der Waals surface area contributed by atoms with Crippen LogP contribution in [0.4, 0.5) is 0 Å². The lowest BCUT2D eigenvalue weighted by Crippen LogP contribution is -2.45. The topological polar surface area (TPSA) is 41.1 Å². The molecule has 0 spiro atoms. The molecule has 2 fully saturated rings. The van der Waals surface area contributed by atoms with E-state index >= 15 is 0 Å². The molecule has 1 saturated carbocycles. The van der Waals surface area contributed by atoms with Crippen molar-refractivity contribution in [3.8, 4) is 0 Å². The third kappa shape index (κ3) is 3.71. The maximum atomic E-state index is 12.1. The molecule has 0 bridgehead atoms. The molecule has 0 radical (unpaired) electrons. The lowest BCUT2D eigenvalue weighted by atomic mass is 9.85. The van der Waals surface area contributed by atoms with Gasteiger partial charge in [0.05, 0.1) is 0 Å². The van der Waals surface area contributed by atoms with Crippen molar-refractivity contribution in [2.75, 3.05) is 13.1 Å². The fraction of sp³-hybridized carbons (Fsp3) is 0.933. The molecule has 2 atom stereocenters. The van der Waals surface area contributed by atoms with Crippen LogP contribution >= 0.6 is 0 Å². The Kier molecular flexibility index (Phi) is 4.66. The van der Waals surface area contributed by atoms with Gasteiger partial charge in [-0.1, -0.05) is 19.8 Å². The average Bonchev–Trinajstić information content (AvgIpc) is 2.76. The van der Waals surface area contributed by atoms with Crippen LogP contribution in [-0.2, 0) is 4.79 Å². The molecule has 1 saturated heterocycles. The number of rotatable bonds is 4. The summed E-state index contributed by atoms with van der Waals surface area (Å²) >= 11 is 0. The van der Waals surface area contributed by atoms with Crippen LogP contribution in [0.25, 0.3) is 0 Å². The second kappa shape index (κ2) is 6.05. The van der Waals surface area contributed by atoms with Gasteiger partial charge in [-0.15, -0.1) is 0 Å².